The zero-order valence-electron chi connectivity index (χ0n) is 23.0. The van der Waals surface area contributed by atoms with Crippen LogP contribution in [0.15, 0.2) is 60.7 Å². The lowest BCUT2D eigenvalue weighted by Gasteiger charge is -2.09. The average Bonchev–Trinajstić information content (AvgIpc) is 2.86. The van der Waals surface area contributed by atoms with Crippen molar-refractivity contribution in [3.05, 3.63) is 106 Å². The summed E-state index contributed by atoms with van der Waals surface area (Å²) in [7, 11) is 0. The zero-order valence-corrected chi connectivity index (χ0v) is 23.0. The first-order chi connectivity index (χ1) is 18.2. The first-order valence-corrected chi connectivity index (χ1v) is 13.0. The molecule has 3 rings (SSSR count). The van der Waals surface area contributed by atoms with Gasteiger partial charge in [-0.25, -0.2) is 8.78 Å². The van der Waals surface area contributed by atoms with E-state index >= 15 is 0 Å². The molecule has 0 fully saturated rings. The number of carbonyl (C=O) groups excluding carboxylic acids is 1. The van der Waals surface area contributed by atoms with Crippen molar-refractivity contribution in [3.63, 3.8) is 0 Å². The van der Waals surface area contributed by atoms with E-state index in [1.807, 2.05) is 20.8 Å². The van der Waals surface area contributed by atoms with Gasteiger partial charge in [-0.3, -0.25) is 9.59 Å². The predicted molar refractivity (Wildman–Crippen MR) is 149 cm³/mol. The van der Waals surface area contributed by atoms with E-state index in [0.717, 1.165) is 37.6 Å². The highest BCUT2D eigenvalue weighted by atomic mass is 19.1. The van der Waals surface area contributed by atoms with Crippen molar-refractivity contribution in [2.75, 3.05) is 13.1 Å². The summed E-state index contributed by atoms with van der Waals surface area (Å²) in [6, 6.07) is 17.2. The first-order valence-electron chi connectivity index (χ1n) is 13.0. The number of carboxylic acids is 1. The normalized spacial score (nSPS) is 9.97. The number of halogens is 2. The van der Waals surface area contributed by atoms with Crippen LogP contribution >= 0.6 is 0 Å². The molecule has 0 atom stereocenters. The minimum absolute atomic E-state index is 0.0783. The molecular formula is C31H40F2N2O3. The van der Waals surface area contributed by atoms with Gasteiger partial charge in [-0.1, -0.05) is 56.7 Å². The van der Waals surface area contributed by atoms with E-state index in [1.165, 1.54) is 23.3 Å². The molecule has 0 aliphatic carbocycles. The number of hydrogen-bond acceptors (Lipinski definition) is 3. The van der Waals surface area contributed by atoms with Gasteiger partial charge in [0.15, 0.2) is 0 Å². The summed E-state index contributed by atoms with van der Waals surface area (Å²) < 4.78 is 24.4. The molecule has 3 N–H and O–H groups in total. The van der Waals surface area contributed by atoms with Crippen LogP contribution in [0.1, 0.15) is 65.4 Å². The first kappa shape index (κ1) is 32.4. The molecule has 5 nitrogen and oxygen atoms in total. The van der Waals surface area contributed by atoms with Crippen LogP contribution in [0.2, 0.25) is 0 Å². The van der Waals surface area contributed by atoms with E-state index in [-0.39, 0.29) is 12.3 Å². The van der Waals surface area contributed by atoms with Crippen molar-refractivity contribution < 1.29 is 23.5 Å². The fourth-order valence-electron chi connectivity index (χ4n) is 3.67. The Hall–Kier alpha value is -3.58. The fourth-order valence-corrected chi connectivity index (χ4v) is 3.67. The van der Waals surface area contributed by atoms with E-state index < -0.39 is 17.6 Å². The van der Waals surface area contributed by atoms with Crippen molar-refractivity contribution in [1.29, 1.82) is 0 Å². The molecule has 0 heterocycles. The van der Waals surface area contributed by atoms with Crippen molar-refractivity contribution in [2.45, 2.75) is 60.4 Å². The highest BCUT2D eigenvalue weighted by Gasteiger charge is 2.09. The minimum Gasteiger partial charge on any atom is -0.481 e. The van der Waals surface area contributed by atoms with Gasteiger partial charge in [0.2, 0.25) is 0 Å². The van der Waals surface area contributed by atoms with Crippen molar-refractivity contribution >= 4 is 11.9 Å². The van der Waals surface area contributed by atoms with Crippen molar-refractivity contribution in [3.8, 4) is 0 Å². The summed E-state index contributed by atoms with van der Waals surface area (Å²) >= 11 is 0. The summed E-state index contributed by atoms with van der Waals surface area (Å²) in [5.41, 5.74) is 5.24. The van der Waals surface area contributed by atoms with Gasteiger partial charge >= 0.3 is 5.97 Å². The number of aliphatic carboxylic acids is 1. The predicted octanol–water partition coefficient (Wildman–Crippen LogP) is 6.39. The lowest BCUT2D eigenvalue weighted by Crippen LogP contribution is -2.27. The number of rotatable bonds is 10. The Morgan fingerprint density at radius 2 is 1.45 bits per heavy atom. The molecule has 0 radical (unpaired) electrons. The number of benzene rings is 3. The topological polar surface area (TPSA) is 78.4 Å². The maximum atomic E-state index is 12.3. The lowest BCUT2D eigenvalue weighted by atomic mass is 10.0. The van der Waals surface area contributed by atoms with Crippen molar-refractivity contribution in [1.82, 2.24) is 10.6 Å². The quantitative estimate of drug-likeness (QED) is 0.267. The van der Waals surface area contributed by atoms with Crippen LogP contribution in [0, 0.1) is 25.5 Å². The monoisotopic (exact) mass is 526 g/mol. The standard InChI is InChI=1S/C22H28N2O3.C7H6F2.C2H6/c1-3-17-6-4-7-18(12-17)15-23-8-5-9-24-22(27)20-11-16(2)10-19(13-20)14-21(25)26;1-5-2-6(8)4-7(9)3-5;1-2/h4,6-7,10-13,23H,3,5,8-9,14-15H2,1-2H3,(H,24,27)(H,25,26);2-4H,1H3;1-2H3. The van der Waals surface area contributed by atoms with Crippen LogP contribution in [0.25, 0.3) is 0 Å². The molecule has 0 saturated heterocycles. The lowest BCUT2D eigenvalue weighted by molar-refractivity contribution is -0.136. The third kappa shape index (κ3) is 13.1. The Labute approximate surface area is 225 Å². The second-order valence-electron chi connectivity index (χ2n) is 8.68. The van der Waals surface area contributed by atoms with Crippen LogP contribution < -0.4 is 10.6 Å². The van der Waals surface area contributed by atoms with Crippen LogP contribution in [0.3, 0.4) is 0 Å². The number of carboxylic acid groups (broad SMARTS) is 1. The molecule has 7 heteroatoms. The number of hydrogen-bond donors (Lipinski definition) is 3. The number of aryl methyl sites for hydroxylation is 3. The molecule has 38 heavy (non-hydrogen) atoms. The minimum atomic E-state index is -0.900. The smallest absolute Gasteiger partial charge is 0.307 e. The van der Waals surface area contributed by atoms with E-state index in [4.69, 9.17) is 5.11 Å². The summed E-state index contributed by atoms with van der Waals surface area (Å²) in [6.45, 7) is 11.9. The summed E-state index contributed by atoms with van der Waals surface area (Å²) in [5.74, 6) is -2.11. The molecule has 0 spiro atoms. The molecule has 0 bridgehead atoms. The van der Waals surface area contributed by atoms with Crippen molar-refractivity contribution in [2.24, 2.45) is 0 Å². The van der Waals surface area contributed by atoms with E-state index in [1.54, 1.807) is 25.1 Å². The van der Waals surface area contributed by atoms with Crippen LogP contribution in [0.4, 0.5) is 8.78 Å². The largest absolute Gasteiger partial charge is 0.481 e. The average molecular weight is 527 g/mol. The number of carbonyl (C=O) groups is 2. The summed E-state index contributed by atoms with van der Waals surface area (Å²) in [6.07, 6.45) is 1.78. The Balaban J connectivity index is 0.000000548. The zero-order chi connectivity index (χ0) is 28.5. The van der Waals surface area contributed by atoms with Gasteiger partial charge in [-0.15, -0.1) is 0 Å². The Morgan fingerprint density at radius 3 is 2.05 bits per heavy atom. The number of amides is 1. The summed E-state index contributed by atoms with van der Waals surface area (Å²) in [5, 5.41) is 15.2. The van der Waals surface area contributed by atoms with E-state index in [2.05, 4.69) is 41.8 Å². The van der Waals surface area contributed by atoms with Crippen LogP contribution in [0.5, 0.6) is 0 Å². The van der Waals surface area contributed by atoms with Gasteiger partial charge < -0.3 is 15.7 Å². The van der Waals surface area contributed by atoms with Crippen LogP contribution in [-0.2, 0) is 24.2 Å². The molecule has 0 aromatic heterocycles. The summed E-state index contributed by atoms with van der Waals surface area (Å²) in [4.78, 5) is 23.1. The molecule has 0 unspecified atom stereocenters. The maximum absolute atomic E-state index is 12.3. The third-order valence-corrected chi connectivity index (χ3v) is 5.31. The fraction of sp³-hybridized carbons (Fsp3) is 0.355. The maximum Gasteiger partial charge on any atom is 0.307 e. The molecule has 0 saturated carbocycles. The van der Waals surface area contributed by atoms with Crippen LogP contribution in [-0.4, -0.2) is 30.1 Å². The molecule has 0 aliphatic rings. The highest BCUT2D eigenvalue weighted by molar-refractivity contribution is 5.94. The molecule has 0 aliphatic heterocycles. The Morgan fingerprint density at radius 1 is 0.816 bits per heavy atom. The highest BCUT2D eigenvalue weighted by Crippen LogP contribution is 2.11. The van der Waals surface area contributed by atoms with Gasteiger partial charge in [-0.2, -0.15) is 0 Å². The molecular weight excluding hydrogens is 486 g/mol. The van der Waals surface area contributed by atoms with Gasteiger partial charge in [-0.05, 0) is 79.8 Å². The second kappa shape index (κ2) is 17.8. The van der Waals surface area contributed by atoms with Gasteiger partial charge in [0.05, 0.1) is 6.42 Å². The van der Waals surface area contributed by atoms with Gasteiger partial charge in [0, 0.05) is 24.7 Å². The Bertz CT molecular complexity index is 1120. The second-order valence-corrected chi connectivity index (χ2v) is 8.68. The SMILES string of the molecule is CC.CCc1cccc(CNCCCNC(=O)c2cc(C)cc(CC(=O)O)c2)c1.Cc1cc(F)cc(F)c1. The van der Waals surface area contributed by atoms with Gasteiger partial charge in [0.25, 0.3) is 5.91 Å². The van der Waals surface area contributed by atoms with Gasteiger partial charge in [0.1, 0.15) is 11.6 Å². The third-order valence-electron chi connectivity index (χ3n) is 5.31. The molecule has 206 valence electrons. The van der Waals surface area contributed by atoms with E-state index in [0.29, 0.717) is 23.2 Å². The molecule has 3 aromatic rings. The van der Waals surface area contributed by atoms with E-state index in [9.17, 15) is 18.4 Å². The number of nitrogens with one attached hydrogen (secondary N) is 2. The Kier molecular flexibility index (Phi) is 15.2. The molecule has 3 aromatic carbocycles. The molecule has 1 amide bonds.